The molecular formula is C28H18Cl2N2O5. The van der Waals surface area contributed by atoms with Gasteiger partial charge < -0.3 is 14.6 Å². The van der Waals surface area contributed by atoms with E-state index < -0.39 is 17.5 Å². The van der Waals surface area contributed by atoms with Gasteiger partial charge in [-0.3, -0.25) is 0 Å². The molecule has 0 bridgehead atoms. The third kappa shape index (κ3) is 4.33. The fourth-order valence-electron chi connectivity index (χ4n) is 4.15. The molecule has 0 aromatic heterocycles. The first-order chi connectivity index (χ1) is 17.8. The lowest BCUT2D eigenvalue weighted by molar-refractivity contribution is -0.143. The average molecular weight is 533 g/mol. The summed E-state index contributed by atoms with van der Waals surface area (Å²) in [6.45, 7) is 0. The summed E-state index contributed by atoms with van der Waals surface area (Å²) in [6, 6.07) is 21.8. The molecule has 7 nitrogen and oxygen atoms in total. The molecule has 1 unspecified atom stereocenters. The number of benzene rings is 3. The molecule has 184 valence electrons. The molecule has 9 heteroatoms. The topological polar surface area (TPSA) is 97.5 Å². The summed E-state index contributed by atoms with van der Waals surface area (Å²) in [6.07, 6.45) is 1.14. The number of methoxy groups -OCH3 is 1. The van der Waals surface area contributed by atoms with Gasteiger partial charge in [-0.05, 0) is 36.4 Å². The molecule has 2 heterocycles. The van der Waals surface area contributed by atoms with E-state index in [1.54, 1.807) is 72.8 Å². The van der Waals surface area contributed by atoms with Crippen LogP contribution >= 0.6 is 23.2 Å². The lowest BCUT2D eigenvalue weighted by Crippen LogP contribution is -2.39. The van der Waals surface area contributed by atoms with Crippen molar-refractivity contribution in [1.82, 2.24) is 0 Å². The number of nitrogens with zero attached hydrogens (tertiary/aromatic N) is 2. The SMILES string of the molecule is COC(=O)/C=C1\N=C(c2ccccc2)N=C2/C(=C(/O)c3ccc(Cl)cc3)C(=O)OC21c1ccc(Cl)cc1. The zero-order valence-electron chi connectivity index (χ0n) is 19.3. The summed E-state index contributed by atoms with van der Waals surface area (Å²) >= 11 is 12.1. The molecule has 0 radical (unpaired) electrons. The maximum atomic E-state index is 13.4. The van der Waals surface area contributed by atoms with Crippen LogP contribution in [0.2, 0.25) is 10.0 Å². The Morgan fingerprint density at radius 2 is 1.57 bits per heavy atom. The van der Waals surface area contributed by atoms with Gasteiger partial charge in [0.2, 0.25) is 5.60 Å². The Bertz CT molecular complexity index is 1530. The zero-order chi connectivity index (χ0) is 26.2. The molecule has 0 saturated carbocycles. The van der Waals surface area contributed by atoms with Gasteiger partial charge in [0.25, 0.3) is 0 Å². The van der Waals surface area contributed by atoms with Crippen LogP contribution in [0.4, 0.5) is 0 Å². The molecule has 5 rings (SSSR count). The van der Waals surface area contributed by atoms with Crippen LogP contribution in [0.5, 0.6) is 0 Å². The van der Waals surface area contributed by atoms with Crippen molar-refractivity contribution in [2.45, 2.75) is 5.60 Å². The van der Waals surface area contributed by atoms with Gasteiger partial charge in [-0.15, -0.1) is 0 Å². The second kappa shape index (κ2) is 9.69. The third-order valence-electron chi connectivity index (χ3n) is 5.92. The first kappa shape index (κ1) is 24.5. The van der Waals surface area contributed by atoms with Crippen molar-refractivity contribution in [3.63, 3.8) is 0 Å². The Morgan fingerprint density at radius 1 is 0.946 bits per heavy atom. The number of hydrogen-bond acceptors (Lipinski definition) is 7. The van der Waals surface area contributed by atoms with Gasteiger partial charge in [0.1, 0.15) is 22.7 Å². The van der Waals surface area contributed by atoms with Crippen molar-refractivity contribution in [3.05, 3.63) is 123 Å². The summed E-state index contributed by atoms with van der Waals surface area (Å²) in [5.41, 5.74) is -0.420. The van der Waals surface area contributed by atoms with E-state index in [2.05, 4.69) is 4.99 Å². The number of fused-ring (bicyclic) bond motifs is 1. The van der Waals surface area contributed by atoms with E-state index >= 15 is 0 Å². The molecule has 1 fully saturated rings. The van der Waals surface area contributed by atoms with Crippen molar-refractivity contribution in [2.24, 2.45) is 9.98 Å². The van der Waals surface area contributed by atoms with Crippen molar-refractivity contribution < 1.29 is 24.2 Å². The number of carbonyl (C=O) groups excluding carboxylic acids is 2. The molecule has 0 spiro atoms. The highest BCUT2D eigenvalue weighted by atomic mass is 35.5. The van der Waals surface area contributed by atoms with E-state index in [0.717, 1.165) is 6.08 Å². The maximum absolute atomic E-state index is 13.4. The molecule has 1 N–H and O–H groups in total. The second-order valence-corrected chi connectivity index (χ2v) is 9.00. The maximum Gasteiger partial charge on any atom is 0.345 e. The molecule has 37 heavy (non-hydrogen) atoms. The quantitative estimate of drug-likeness (QED) is 0.265. The number of amidine groups is 1. The minimum atomic E-state index is -1.75. The number of aliphatic hydroxyl groups is 1. The predicted molar refractivity (Wildman–Crippen MR) is 141 cm³/mol. The Hall–Kier alpha value is -4.20. The standard InChI is InChI=1S/C28H18Cl2N2O5/c1-36-22(33)15-21-28(18-9-13-20(30)14-10-18)25(32-26(31-21)17-5-3-2-4-6-17)23(27(35)37-28)24(34)16-7-11-19(29)12-8-16/h2-15,34H,1H3/b21-15-,24-23-. The number of aliphatic imine (C=N–C) groups is 2. The summed E-state index contributed by atoms with van der Waals surface area (Å²) < 4.78 is 10.8. The number of carbonyl (C=O) groups is 2. The van der Waals surface area contributed by atoms with Gasteiger partial charge in [-0.2, -0.15) is 0 Å². The fraction of sp³-hybridized carbons (Fsp3) is 0.0714. The molecule has 2 aliphatic rings. The van der Waals surface area contributed by atoms with Gasteiger partial charge in [0.15, 0.2) is 5.84 Å². The normalized spacial score (nSPS) is 21.1. The van der Waals surface area contributed by atoms with Crippen LogP contribution in [0.15, 0.2) is 106 Å². The highest BCUT2D eigenvalue weighted by molar-refractivity contribution is 6.35. The van der Waals surface area contributed by atoms with E-state index in [1.165, 1.54) is 7.11 Å². The number of halogens is 2. The van der Waals surface area contributed by atoms with Gasteiger partial charge in [0.05, 0.1) is 7.11 Å². The van der Waals surface area contributed by atoms with Crippen molar-refractivity contribution in [1.29, 1.82) is 0 Å². The smallest absolute Gasteiger partial charge is 0.345 e. The molecule has 3 aromatic carbocycles. The monoisotopic (exact) mass is 532 g/mol. The largest absolute Gasteiger partial charge is 0.506 e. The lowest BCUT2D eigenvalue weighted by Gasteiger charge is -2.32. The Morgan fingerprint density at radius 3 is 2.19 bits per heavy atom. The van der Waals surface area contributed by atoms with Gasteiger partial charge in [-0.1, -0.05) is 65.7 Å². The van der Waals surface area contributed by atoms with Gasteiger partial charge in [0, 0.05) is 32.8 Å². The number of esters is 2. The Balaban J connectivity index is 1.84. The summed E-state index contributed by atoms with van der Waals surface area (Å²) in [5, 5.41) is 12.2. The number of aliphatic hydroxyl groups excluding tert-OH is 1. The molecule has 0 aliphatic carbocycles. The van der Waals surface area contributed by atoms with E-state index in [-0.39, 0.29) is 28.6 Å². The van der Waals surface area contributed by atoms with Crippen LogP contribution in [0.1, 0.15) is 16.7 Å². The van der Waals surface area contributed by atoms with Crippen LogP contribution in [-0.4, -0.2) is 35.7 Å². The van der Waals surface area contributed by atoms with Crippen molar-refractivity contribution >= 4 is 52.4 Å². The number of rotatable bonds is 4. The van der Waals surface area contributed by atoms with E-state index in [1.807, 2.05) is 6.07 Å². The van der Waals surface area contributed by atoms with Crippen molar-refractivity contribution in [2.75, 3.05) is 7.11 Å². The molecular weight excluding hydrogens is 515 g/mol. The summed E-state index contributed by atoms with van der Waals surface area (Å²) in [5.74, 6) is -1.70. The number of hydrogen-bond donors (Lipinski definition) is 1. The summed E-state index contributed by atoms with van der Waals surface area (Å²) in [7, 11) is 1.23. The fourth-order valence-corrected chi connectivity index (χ4v) is 4.40. The Kier molecular flexibility index (Phi) is 6.41. The van der Waals surface area contributed by atoms with E-state index in [4.69, 9.17) is 37.7 Å². The third-order valence-corrected chi connectivity index (χ3v) is 6.42. The zero-order valence-corrected chi connectivity index (χ0v) is 20.8. The molecule has 0 amide bonds. The molecule has 2 aliphatic heterocycles. The molecule has 1 saturated heterocycles. The average Bonchev–Trinajstić information content (AvgIpc) is 3.22. The van der Waals surface area contributed by atoms with Gasteiger partial charge >= 0.3 is 11.9 Å². The molecule has 3 aromatic rings. The first-order valence-electron chi connectivity index (χ1n) is 11.1. The molecule has 1 atom stereocenters. The highest BCUT2D eigenvalue weighted by Crippen LogP contribution is 2.48. The highest BCUT2D eigenvalue weighted by Gasteiger charge is 2.57. The van der Waals surface area contributed by atoms with Gasteiger partial charge in [-0.25, -0.2) is 19.6 Å². The van der Waals surface area contributed by atoms with E-state index in [9.17, 15) is 14.7 Å². The lowest BCUT2D eigenvalue weighted by atomic mass is 9.82. The van der Waals surface area contributed by atoms with Crippen LogP contribution in [0, 0.1) is 0 Å². The minimum Gasteiger partial charge on any atom is -0.506 e. The predicted octanol–water partition coefficient (Wildman–Crippen LogP) is 5.67. The minimum absolute atomic E-state index is 0.0535. The van der Waals surface area contributed by atoms with E-state index in [0.29, 0.717) is 26.7 Å². The first-order valence-corrected chi connectivity index (χ1v) is 11.8. The Labute approximate surface area is 222 Å². The second-order valence-electron chi connectivity index (χ2n) is 8.12. The number of ether oxygens (including phenoxy) is 2. The van der Waals surface area contributed by atoms with Crippen LogP contribution in [0.3, 0.4) is 0 Å². The van der Waals surface area contributed by atoms with Crippen LogP contribution in [0.25, 0.3) is 5.76 Å². The van der Waals surface area contributed by atoms with Crippen LogP contribution in [-0.2, 0) is 24.7 Å². The van der Waals surface area contributed by atoms with Crippen molar-refractivity contribution in [3.8, 4) is 0 Å². The summed E-state index contributed by atoms with van der Waals surface area (Å²) in [4.78, 5) is 35.2. The van der Waals surface area contributed by atoms with Crippen LogP contribution < -0.4 is 0 Å².